The third-order valence-corrected chi connectivity index (χ3v) is 5.46. The van der Waals surface area contributed by atoms with Crippen molar-refractivity contribution in [1.29, 1.82) is 0 Å². The van der Waals surface area contributed by atoms with E-state index < -0.39 is 11.6 Å². The molecule has 2 aliphatic carbocycles. The van der Waals surface area contributed by atoms with Crippen molar-refractivity contribution in [3.63, 3.8) is 0 Å². The molecule has 22 heavy (non-hydrogen) atoms. The lowest BCUT2D eigenvalue weighted by atomic mass is 9.86. The first-order chi connectivity index (χ1) is 10.5. The summed E-state index contributed by atoms with van der Waals surface area (Å²) in [5.41, 5.74) is -0.727. The molecule has 1 saturated heterocycles. The van der Waals surface area contributed by atoms with E-state index >= 15 is 0 Å². The van der Waals surface area contributed by atoms with Gasteiger partial charge in [0.1, 0.15) is 12.1 Å². The molecule has 0 radical (unpaired) electrons. The van der Waals surface area contributed by atoms with Crippen LogP contribution < -0.4 is 10.6 Å². The Bertz CT molecular complexity index is 485. The van der Waals surface area contributed by atoms with Crippen molar-refractivity contribution >= 4 is 17.8 Å². The normalized spacial score (nSPS) is 30.7. The van der Waals surface area contributed by atoms with Gasteiger partial charge >= 0.3 is 6.03 Å². The van der Waals surface area contributed by atoms with Crippen LogP contribution in [0.2, 0.25) is 0 Å². The Balaban J connectivity index is 1.59. The van der Waals surface area contributed by atoms with Crippen molar-refractivity contribution < 1.29 is 14.4 Å². The van der Waals surface area contributed by atoms with E-state index in [0.717, 1.165) is 37.0 Å². The van der Waals surface area contributed by atoms with Gasteiger partial charge in [-0.2, -0.15) is 0 Å². The van der Waals surface area contributed by atoms with Crippen LogP contribution in [0.4, 0.5) is 4.79 Å². The maximum Gasteiger partial charge on any atom is 0.325 e. The van der Waals surface area contributed by atoms with Gasteiger partial charge in [-0.15, -0.1) is 0 Å². The fraction of sp³-hybridized carbons (Fsp3) is 0.812. The van der Waals surface area contributed by atoms with Crippen molar-refractivity contribution in [3.05, 3.63) is 0 Å². The Morgan fingerprint density at radius 1 is 1.23 bits per heavy atom. The van der Waals surface area contributed by atoms with E-state index in [1.807, 2.05) is 0 Å². The second kappa shape index (κ2) is 5.89. The highest BCUT2D eigenvalue weighted by Crippen LogP contribution is 2.34. The third-order valence-electron chi connectivity index (χ3n) is 5.46. The minimum Gasteiger partial charge on any atom is -0.352 e. The van der Waals surface area contributed by atoms with Crippen LogP contribution in [0.25, 0.3) is 0 Å². The van der Waals surface area contributed by atoms with Gasteiger partial charge in [-0.1, -0.05) is 32.6 Å². The van der Waals surface area contributed by atoms with Gasteiger partial charge in [0, 0.05) is 6.04 Å². The number of urea groups is 1. The molecule has 6 nitrogen and oxygen atoms in total. The predicted octanol–water partition coefficient (Wildman–Crippen LogP) is 1.55. The van der Waals surface area contributed by atoms with Crippen LogP contribution in [-0.2, 0) is 9.59 Å². The van der Waals surface area contributed by atoms with Crippen LogP contribution in [0.1, 0.15) is 58.3 Å². The minimum absolute atomic E-state index is 0.157. The average molecular weight is 307 g/mol. The molecule has 0 aromatic carbocycles. The predicted molar refractivity (Wildman–Crippen MR) is 81.0 cm³/mol. The van der Waals surface area contributed by atoms with E-state index in [4.69, 9.17) is 0 Å². The molecule has 2 unspecified atom stereocenters. The van der Waals surface area contributed by atoms with Crippen molar-refractivity contribution in [3.8, 4) is 0 Å². The first-order valence-electron chi connectivity index (χ1n) is 8.45. The molecule has 0 aromatic rings. The van der Waals surface area contributed by atoms with E-state index in [-0.39, 0.29) is 24.4 Å². The van der Waals surface area contributed by atoms with Gasteiger partial charge in [0.25, 0.3) is 5.91 Å². The van der Waals surface area contributed by atoms with E-state index in [9.17, 15) is 14.4 Å². The van der Waals surface area contributed by atoms with Gasteiger partial charge in [0.05, 0.1) is 0 Å². The molecule has 0 bridgehead atoms. The second-order valence-electron chi connectivity index (χ2n) is 7.05. The number of nitrogens with one attached hydrogen (secondary N) is 2. The van der Waals surface area contributed by atoms with Gasteiger partial charge in [-0.05, 0) is 31.6 Å². The summed E-state index contributed by atoms with van der Waals surface area (Å²) in [4.78, 5) is 37.9. The van der Waals surface area contributed by atoms with E-state index in [1.54, 1.807) is 0 Å². The highest BCUT2D eigenvalue weighted by Gasteiger charge is 2.52. The number of carbonyl (C=O) groups is 3. The Kier molecular flexibility index (Phi) is 4.10. The lowest BCUT2D eigenvalue weighted by Gasteiger charge is -2.30. The smallest absolute Gasteiger partial charge is 0.325 e. The van der Waals surface area contributed by atoms with Crippen molar-refractivity contribution in [1.82, 2.24) is 15.5 Å². The number of imide groups is 1. The molecule has 1 heterocycles. The Morgan fingerprint density at radius 2 is 1.91 bits per heavy atom. The van der Waals surface area contributed by atoms with Crippen LogP contribution in [0.15, 0.2) is 0 Å². The minimum atomic E-state index is -0.727. The molecule has 6 heteroatoms. The largest absolute Gasteiger partial charge is 0.352 e. The molecule has 2 saturated carbocycles. The maximum absolute atomic E-state index is 12.5. The maximum atomic E-state index is 12.5. The first kappa shape index (κ1) is 15.3. The molecule has 122 valence electrons. The zero-order valence-corrected chi connectivity index (χ0v) is 13.2. The van der Waals surface area contributed by atoms with Crippen molar-refractivity contribution in [2.75, 3.05) is 6.54 Å². The first-order valence-corrected chi connectivity index (χ1v) is 8.45. The fourth-order valence-corrected chi connectivity index (χ4v) is 4.06. The standard InChI is InChI=1S/C16H25N3O3/c1-11-6-2-3-7-12(11)17-13(20)10-19-14(21)16(18-15(19)22)8-4-5-9-16/h11-12H,2-10H2,1H3,(H,17,20)(H,18,22). The topological polar surface area (TPSA) is 78.5 Å². The highest BCUT2D eigenvalue weighted by atomic mass is 16.2. The van der Waals surface area contributed by atoms with Gasteiger partial charge in [-0.25, -0.2) is 4.79 Å². The Labute approximate surface area is 131 Å². The number of hydrogen-bond acceptors (Lipinski definition) is 3. The lowest BCUT2D eigenvalue weighted by Crippen LogP contribution is -2.48. The van der Waals surface area contributed by atoms with E-state index in [0.29, 0.717) is 18.8 Å². The van der Waals surface area contributed by atoms with Crippen LogP contribution >= 0.6 is 0 Å². The Hall–Kier alpha value is -1.59. The average Bonchev–Trinajstić information content (AvgIpc) is 3.03. The molecule has 1 spiro atoms. The number of hydrogen-bond donors (Lipinski definition) is 2. The van der Waals surface area contributed by atoms with Crippen LogP contribution in [0.3, 0.4) is 0 Å². The van der Waals surface area contributed by atoms with Crippen LogP contribution in [0.5, 0.6) is 0 Å². The zero-order chi connectivity index (χ0) is 15.7. The molecule has 3 fully saturated rings. The number of rotatable bonds is 3. The summed E-state index contributed by atoms with van der Waals surface area (Å²) in [6.07, 6.45) is 7.72. The number of carbonyl (C=O) groups excluding carboxylic acids is 3. The number of nitrogens with zero attached hydrogens (tertiary/aromatic N) is 1. The van der Waals surface area contributed by atoms with Gasteiger partial charge in [0.2, 0.25) is 5.91 Å². The summed E-state index contributed by atoms with van der Waals surface area (Å²) < 4.78 is 0. The molecule has 0 aromatic heterocycles. The van der Waals surface area contributed by atoms with Crippen LogP contribution in [-0.4, -0.2) is 40.9 Å². The van der Waals surface area contributed by atoms with E-state index in [1.165, 1.54) is 6.42 Å². The fourth-order valence-electron chi connectivity index (χ4n) is 4.06. The van der Waals surface area contributed by atoms with Crippen LogP contribution in [0, 0.1) is 5.92 Å². The molecular formula is C16H25N3O3. The van der Waals surface area contributed by atoms with Gasteiger partial charge < -0.3 is 10.6 Å². The van der Waals surface area contributed by atoms with E-state index in [2.05, 4.69) is 17.6 Å². The quantitative estimate of drug-likeness (QED) is 0.776. The van der Waals surface area contributed by atoms with Gasteiger partial charge in [0.15, 0.2) is 0 Å². The summed E-state index contributed by atoms with van der Waals surface area (Å²) in [7, 11) is 0. The molecule has 3 rings (SSSR count). The van der Waals surface area contributed by atoms with Crippen molar-refractivity contribution in [2.24, 2.45) is 5.92 Å². The molecule has 3 aliphatic rings. The Morgan fingerprint density at radius 3 is 2.59 bits per heavy atom. The summed E-state index contributed by atoms with van der Waals surface area (Å²) >= 11 is 0. The molecule has 2 atom stereocenters. The monoisotopic (exact) mass is 307 g/mol. The molecule has 4 amide bonds. The molecular weight excluding hydrogens is 282 g/mol. The van der Waals surface area contributed by atoms with Gasteiger partial charge in [-0.3, -0.25) is 14.5 Å². The third kappa shape index (κ3) is 2.71. The summed E-state index contributed by atoms with van der Waals surface area (Å²) in [5, 5.41) is 5.81. The van der Waals surface area contributed by atoms with Crippen molar-refractivity contribution in [2.45, 2.75) is 69.9 Å². The summed E-state index contributed by atoms with van der Waals surface area (Å²) in [5.74, 6) is 0.0149. The second-order valence-corrected chi connectivity index (χ2v) is 7.05. The highest BCUT2D eigenvalue weighted by molar-refractivity contribution is 6.09. The summed E-state index contributed by atoms with van der Waals surface area (Å²) in [6.45, 7) is 1.99. The number of amides is 4. The summed E-state index contributed by atoms with van der Waals surface area (Å²) in [6, 6.07) is -0.249. The lowest BCUT2D eigenvalue weighted by molar-refractivity contribution is -0.135. The zero-order valence-electron chi connectivity index (χ0n) is 13.2. The SMILES string of the molecule is CC1CCCCC1NC(=O)CN1C(=O)NC2(CCCC2)C1=O. The molecule has 2 N–H and O–H groups in total. The molecule has 1 aliphatic heterocycles.